The highest BCUT2D eigenvalue weighted by Gasteiger charge is 2.26. The van der Waals surface area contributed by atoms with E-state index in [2.05, 4.69) is 21.7 Å². The topological polar surface area (TPSA) is 104 Å². The first-order valence-corrected chi connectivity index (χ1v) is 13.1. The third-order valence-corrected chi connectivity index (χ3v) is 8.03. The summed E-state index contributed by atoms with van der Waals surface area (Å²) in [6.07, 6.45) is 0.799. The Morgan fingerprint density at radius 2 is 1.92 bits per heavy atom. The van der Waals surface area contributed by atoms with Crippen molar-refractivity contribution in [3.8, 4) is 17.3 Å². The number of carbonyl (C=O) groups excluding carboxylic acids is 1. The number of methoxy groups -OCH3 is 1. The number of fused-ring (bicyclic) bond motifs is 1. The van der Waals surface area contributed by atoms with E-state index in [9.17, 15) is 9.90 Å². The number of thiophene rings is 1. The molecule has 1 amide bonds. The molecule has 3 aromatic rings. The molecule has 36 heavy (non-hydrogen) atoms. The number of hydrogen-bond acceptors (Lipinski definition) is 10. The van der Waals surface area contributed by atoms with Crippen LogP contribution in [0.1, 0.15) is 17.4 Å². The van der Waals surface area contributed by atoms with Crippen molar-refractivity contribution in [3.63, 3.8) is 0 Å². The molecule has 1 N–H and O–H groups in total. The summed E-state index contributed by atoms with van der Waals surface area (Å²) in [5.74, 6) is 1.95. The average molecular weight is 513 g/mol. The molecular formula is C25H32N6O4S. The molecule has 2 fully saturated rings. The summed E-state index contributed by atoms with van der Waals surface area (Å²) < 4.78 is 11.9. The first-order chi connectivity index (χ1) is 17.4. The summed E-state index contributed by atoms with van der Waals surface area (Å²) in [4.78, 5) is 34.1. The van der Waals surface area contributed by atoms with E-state index >= 15 is 0 Å². The van der Waals surface area contributed by atoms with Crippen LogP contribution in [0.25, 0.3) is 21.6 Å². The highest BCUT2D eigenvalue weighted by atomic mass is 32.1. The van der Waals surface area contributed by atoms with Crippen LogP contribution in [0.4, 0.5) is 5.82 Å². The summed E-state index contributed by atoms with van der Waals surface area (Å²) >= 11 is 1.75. The van der Waals surface area contributed by atoms with Crippen LogP contribution in [-0.4, -0.2) is 101 Å². The van der Waals surface area contributed by atoms with Crippen molar-refractivity contribution in [2.45, 2.75) is 26.5 Å². The van der Waals surface area contributed by atoms with E-state index in [4.69, 9.17) is 19.4 Å². The van der Waals surface area contributed by atoms with Gasteiger partial charge in [-0.2, -0.15) is 0 Å². The van der Waals surface area contributed by atoms with Crippen molar-refractivity contribution in [3.05, 3.63) is 28.8 Å². The largest absolute Gasteiger partial charge is 0.481 e. The lowest BCUT2D eigenvalue weighted by Crippen LogP contribution is -2.50. The Hall–Kier alpha value is -2.86. The number of rotatable bonds is 6. The van der Waals surface area contributed by atoms with E-state index in [0.29, 0.717) is 38.0 Å². The number of morpholine rings is 1. The second-order valence-electron chi connectivity index (χ2n) is 9.16. The lowest BCUT2D eigenvalue weighted by molar-refractivity contribution is -0.141. The van der Waals surface area contributed by atoms with E-state index in [0.717, 1.165) is 59.9 Å². The van der Waals surface area contributed by atoms with Gasteiger partial charge in [-0.25, -0.2) is 15.0 Å². The van der Waals surface area contributed by atoms with E-state index < -0.39 is 6.10 Å². The number of aryl methyl sites for hydroxylation is 1. The molecule has 1 atom stereocenters. The molecule has 2 aliphatic heterocycles. The van der Waals surface area contributed by atoms with E-state index in [-0.39, 0.29) is 5.91 Å². The molecule has 2 saturated heterocycles. The highest BCUT2D eigenvalue weighted by molar-refractivity contribution is 7.19. The number of pyridine rings is 1. The molecule has 5 heterocycles. The van der Waals surface area contributed by atoms with Crippen LogP contribution in [0.2, 0.25) is 0 Å². The molecule has 0 unspecified atom stereocenters. The lowest BCUT2D eigenvalue weighted by atomic mass is 10.2. The van der Waals surface area contributed by atoms with Gasteiger partial charge in [0.25, 0.3) is 5.91 Å². The van der Waals surface area contributed by atoms with Gasteiger partial charge in [0.2, 0.25) is 5.88 Å². The molecule has 3 aromatic heterocycles. The van der Waals surface area contributed by atoms with Crippen LogP contribution < -0.4 is 9.64 Å². The van der Waals surface area contributed by atoms with Gasteiger partial charge in [-0.3, -0.25) is 9.69 Å². The van der Waals surface area contributed by atoms with Gasteiger partial charge in [-0.1, -0.05) is 0 Å². The summed E-state index contributed by atoms with van der Waals surface area (Å²) in [5.41, 5.74) is 2.98. The number of ether oxygens (including phenoxy) is 2. The molecule has 0 radical (unpaired) electrons. The van der Waals surface area contributed by atoms with Gasteiger partial charge < -0.3 is 24.4 Å². The van der Waals surface area contributed by atoms with Crippen molar-refractivity contribution < 1.29 is 19.4 Å². The molecular weight excluding hydrogens is 480 g/mol. The third-order valence-electron chi connectivity index (χ3n) is 6.77. The number of carbonyl (C=O) groups is 1. The van der Waals surface area contributed by atoms with Crippen molar-refractivity contribution in [2.24, 2.45) is 0 Å². The molecule has 0 saturated carbocycles. The van der Waals surface area contributed by atoms with Crippen LogP contribution in [0.15, 0.2) is 18.3 Å². The van der Waals surface area contributed by atoms with Crippen molar-refractivity contribution >= 4 is 33.3 Å². The van der Waals surface area contributed by atoms with Crippen LogP contribution in [0.5, 0.6) is 5.88 Å². The van der Waals surface area contributed by atoms with Crippen molar-refractivity contribution in [1.82, 2.24) is 24.8 Å². The molecule has 192 valence electrons. The zero-order chi connectivity index (χ0) is 25.2. The summed E-state index contributed by atoms with van der Waals surface area (Å²) in [6.45, 7) is 10.2. The second kappa shape index (κ2) is 10.6. The zero-order valence-corrected chi connectivity index (χ0v) is 21.8. The molecule has 0 spiro atoms. The number of amides is 1. The Bertz CT molecular complexity index is 1220. The van der Waals surface area contributed by atoms with Gasteiger partial charge in [0.1, 0.15) is 6.10 Å². The Labute approximate surface area is 214 Å². The van der Waals surface area contributed by atoms with E-state index in [1.807, 2.05) is 12.1 Å². The predicted octanol–water partition coefficient (Wildman–Crippen LogP) is 1.93. The van der Waals surface area contributed by atoms with Crippen LogP contribution >= 0.6 is 11.3 Å². The fraction of sp³-hybridized carbons (Fsp3) is 0.520. The van der Waals surface area contributed by atoms with Gasteiger partial charge in [-0.15, -0.1) is 11.3 Å². The van der Waals surface area contributed by atoms with E-state index in [1.165, 1.54) is 11.8 Å². The molecule has 0 bridgehead atoms. The fourth-order valence-corrected chi connectivity index (χ4v) is 5.92. The lowest BCUT2D eigenvalue weighted by Gasteiger charge is -2.35. The number of aliphatic hydroxyl groups excluding tert-OH is 1. The SMILES string of the molecule is COc1ccc(-c2nc(N3CCOCC3)c3sc(CN4CCN(C(=O)[C@H](C)O)CC4)c(C)c3n2)cn1. The monoisotopic (exact) mass is 512 g/mol. The van der Waals surface area contributed by atoms with Crippen LogP contribution in [0.3, 0.4) is 0 Å². The number of hydrogen-bond donors (Lipinski definition) is 1. The Morgan fingerprint density at radius 1 is 1.17 bits per heavy atom. The standard InChI is InChI=1S/C25H32N6O4S/c1-16-19(15-29-6-8-31(9-7-29)25(33)17(2)32)36-22-21(16)27-23(18-4-5-20(34-3)26-14-18)28-24(22)30-10-12-35-13-11-30/h4-5,14,17,32H,6-13,15H2,1-3H3/t17-/m0/s1. The fourth-order valence-electron chi connectivity index (χ4n) is 4.62. The van der Waals surface area contributed by atoms with Gasteiger partial charge in [0.15, 0.2) is 11.6 Å². The smallest absolute Gasteiger partial charge is 0.251 e. The average Bonchev–Trinajstić information content (AvgIpc) is 3.23. The summed E-state index contributed by atoms with van der Waals surface area (Å²) in [6, 6.07) is 3.76. The van der Waals surface area contributed by atoms with Crippen molar-refractivity contribution in [1.29, 1.82) is 0 Å². The maximum absolute atomic E-state index is 12.1. The molecule has 0 aliphatic carbocycles. The molecule has 10 nitrogen and oxygen atoms in total. The van der Waals surface area contributed by atoms with Gasteiger partial charge in [0, 0.05) is 68.5 Å². The molecule has 0 aromatic carbocycles. The second-order valence-corrected chi connectivity index (χ2v) is 10.3. The maximum Gasteiger partial charge on any atom is 0.251 e. The quantitative estimate of drug-likeness (QED) is 0.531. The Balaban J connectivity index is 1.45. The number of aromatic nitrogens is 3. The third kappa shape index (κ3) is 5.01. The Kier molecular flexibility index (Phi) is 7.33. The molecule has 2 aliphatic rings. The van der Waals surface area contributed by atoms with Crippen LogP contribution in [0, 0.1) is 6.92 Å². The number of nitrogens with zero attached hydrogens (tertiary/aromatic N) is 6. The number of aliphatic hydroxyl groups is 1. The maximum atomic E-state index is 12.1. The van der Waals surface area contributed by atoms with Crippen LogP contribution in [-0.2, 0) is 16.1 Å². The highest BCUT2D eigenvalue weighted by Crippen LogP contribution is 2.38. The Morgan fingerprint density at radius 3 is 2.56 bits per heavy atom. The molecule has 5 rings (SSSR count). The minimum atomic E-state index is -0.950. The van der Waals surface area contributed by atoms with Gasteiger partial charge >= 0.3 is 0 Å². The normalized spacial score (nSPS) is 18.0. The predicted molar refractivity (Wildman–Crippen MR) is 139 cm³/mol. The number of piperazine rings is 1. The summed E-state index contributed by atoms with van der Waals surface area (Å²) in [7, 11) is 1.60. The minimum Gasteiger partial charge on any atom is -0.481 e. The number of anilines is 1. The van der Waals surface area contributed by atoms with Gasteiger partial charge in [-0.05, 0) is 25.5 Å². The minimum absolute atomic E-state index is 0.196. The van der Waals surface area contributed by atoms with Crippen molar-refractivity contribution in [2.75, 3.05) is 64.5 Å². The zero-order valence-electron chi connectivity index (χ0n) is 20.9. The van der Waals surface area contributed by atoms with E-state index in [1.54, 1.807) is 29.5 Å². The first-order valence-electron chi connectivity index (χ1n) is 12.3. The first kappa shape index (κ1) is 24.8. The summed E-state index contributed by atoms with van der Waals surface area (Å²) in [5, 5.41) is 9.62. The van der Waals surface area contributed by atoms with Gasteiger partial charge in [0.05, 0.1) is 30.5 Å². The molecule has 11 heteroatoms.